The summed E-state index contributed by atoms with van der Waals surface area (Å²) >= 11 is 5.30. The van der Waals surface area contributed by atoms with Crippen molar-refractivity contribution in [3.63, 3.8) is 0 Å². The lowest BCUT2D eigenvalue weighted by Gasteiger charge is -2.10. The van der Waals surface area contributed by atoms with E-state index in [9.17, 15) is 0 Å². The van der Waals surface area contributed by atoms with E-state index in [0.29, 0.717) is 5.92 Å². The number of rotatable bonds is 5. The molecule has 0 saturated carbocycles. The molecular weight excluding hydrogens is 320 g/mol. The second kappa shape index (κ2) is 6.64. The number of nitrogens with one attached hydrogen (secondary N) is 1. The van der Waals surface area contributed by atoms with Crippen LogP contribution in [0.3, 0.4) is 0 Å². The van der Waals surface area contributed by atoms with Crippen molar-refractivity contribution >= 4 is 27.3 Å². The summed E-state index contributed by atoms with van der Waals surface area (Å²) in [6, 6.07) is 6.35. The molecule has 19 heavy (non-hydrogen) atoms. The zero-order valence-electron chi connectivity index (χ0n) is 11.5. The van der Waals surface area contributed by atoms with Gasteiger partial charge in [0.25, 0.3) is 0 Å². The van der Waals surface area contributed by atoms with Crippen molar-refractivity contribution in [2.75, 3.05) is 13.6 Å². The molecule has 1 heterocycles. The van der Waals surface area contributed by atoms with Gasteiger partial charge in [0.05, 0.1) is 10.7 Å². The normalized spacial score (nSPS) is 12.6. The van der Waals surface area contributed by atoms with Gasteiger partial charge in [0.15, 0.2) is 0 Å². The zero-order valence-corrected chi connectivity index (χ0v) is 13.9. The maximum Gasteiger partial charge on any atom is 0.0976 e. The molecule has 1 unspecified atom stereocenters. The first-order chi connectivity index (χ1) is 9.15. The Hall–Kier alpha value is -0.710. The molecule has 1 aromatic heterocycles. The van der Waals surface area contributed by atoms with Crippen LogP contribution in [0.5, 0.6) is 0 Å². The van der Waals surface area contributed by atoms with Gasteiger partial charge in [-0.15, -0.1) is 11.3 Å². The minimum atomic E-state index is 0.510. The summed E-state index contributed by atoms with van der Waals surface area (Å²) in [5, 5.41) is 6.64. The maximum absolute atomic E-state index is 4.83. The fourth-order valence-electron chi connectivity index (χ4n) is 2.12. The molecule has 0 radical (unpaired) electrons. The Labute approximate surface area is 127 Å². The van der Waals surface area contributed by atoms with Crippen LogP contribution in [0.25, 0.3) is 11.3 Å². The van der Waals surface area contributed by atoms with Crippen LogP contribution in [-0.4, -0.2) is 18.6 Å². The van der Waals surface area contributed by atoms with Crippen molar-refractivity contribution in [1.29, 1.82) is 0 Å². The van der Waals surface area contributed by atoms with Gasteiger partial charge in [-0.05, 0) is 38.1 Å². The van der Waals surface area contributed by atoms with Crippen LogP contribution in [0.4, 0.5) is 0 Å². The Balaban J connectivity index is 2.32. The molecule has 102 valence electrons. The molecule has 0 amide bonds. The number of hydrogen-bond acceptors (Lipinski definition) is 3. The molecule has 0 aliphatic rings. The minimum absolute atomic E-state index is 0.510. The molecular formula is C15H19BrN2S. The fourth-order valence-corrected chi connectivity index (χ4v) is 3.49. The van der Waals surface area contributed by atoms with Gasteiger partial charge in [-0.25, -0.2) is 4.98 Å². The summed E-state index contributed by atoms with van der Waals surface area (Å²) in [6.45, 7) is 5.33. The monoisotopic (exact) mass is 338 g/mol. The van der Waals surface area contributed by atoms with E-state index < -0.39 is 0 Å². The van der Waals surface area contributed by atoms with Gasteiger partial charge in [0.2, 0.25) is 0 Å². The number of thiazole rings is 1. The van der Waals surface area contributed by atoms with Crippen molar-refractivity contribution in [3.05, 3.63) is 38.6 Å². The number of halogens is 1. The molecule has 1 N–H and O–H groups in total. The van der Waals surface area contributed by atoms with E-state index in [4.69, 9.17) is 4.98 Å². The van der Waals surface area contributed by atoms with Crippen molar-refractivity contribution in [3.8, 4) is 11.3 Å². The molecule has 0 aliphatic heterocycles. The third kappa shape index (κ3) is 3.44. The van der Waals surface area contributed by atoms with Crippen LogP contribution < -0.4 is 5.32 Å². The Kier molecular flexibility index (Phi) is 5.13. The van der Waals surface area contributed by atoms with E-state index in [1.165, 1.54) is 16.1 Å². The molecule has 1 aromatic carbocycles. The second-order valence-corrected chi connectivity index (χ2v) is 6.50. The predicted octanol–water partition coefficient (Wildman–Crippen LogP) is 4.59. The number of aromatic nitrogens is 1. The molecule has 2 nitrogen and oxygen atoms in total. The lowest BCUT2D eigenvalue weighted by atomic mass is 10.1. The van der Waals surface area contributed by atoms with Gasteiger partial charge in [-0.3, -0.25) is 0 Å². The van der Waals surface area contributed by atoms with Gasteiger partial charge < -0.3 is 5.32 Å². The van der Waals surface area contributed by atoms with Crippen LogP contribution in [0.15, 0.2) is 28.1 Å². The first-order valence-corrected chi connectivity index (χ1v) is 8.19. The standard InChI is InChI=1S/C15H19BrN2S/c1-4-11(8-17-3)15-18-14(9-19-15)13-7-12(16)6-5-10(13)2/h5-7,9,11,17H,4,8H2,1-3H3. The van der Waals surface area contributed by atoms with Gasteiger partial charge in [-0.1, -0.05) is 28.9 Å². The summed E-state index contributed by atoms with van der Waals surface area (Å²) in [5.41, 5.74) is 3.58. The highest BCUT2D eigenvalue weighted by molar-refractivity contribution is 9.10. The van der Waals surface area contributed by atoms with E-state index in [1.807, 2.05) is 7.05 Å². The van der Waals surface area contributed by atoms with Crippen LogP contribution in [0, 0.1) is 6.92 Å². The molecule has 0 saturated heterocycles. The Morgan fingerprint density at radius 2 is 2.21 bits per heavy atom. The zero-order chi connectivity index (χ0) is 13.8. The number of hydrogen-bond donors (Lipinski definition) is 1. The fraction of sp³-hybridized carbons (Fsp3) is 0.400. The lowest BCUT2D eigenvalue weighted by molar-refractivity contribution is 0.609. The first kappa shape index (κ1) is 14.7. The summed E-state index contributed by atoms with van der Waals surface area (Å²) in [6.07, 6.45) is 1.12. The SMILES string of the molecule is CCC(CNC)c1nc(-c2cc(Br)ccc2C)cs1. The highest BCUT2D eigenvalue weighted by Gasteiger charge is 2.14. The number of benzene rings is 1. The molecule has 0 spiro atoms. The highest BCUT2D eigenvalue weighted by atomic mass is 79.9. The van der Waals surface area contributed by atoms with Gasteiger partial charge in [-0.2, -0.15) is 0 Å². The first-order valence-electron chi connectivity index (χ1n) is 6.52. The second-order valence-electron chi connectivity index (χ2n) is 4.69. The van der Waals surface area contributed by atoms with E-state index in [-0.39, 0.29) is 0 Å². The van der Waals surface area contributed by atoms with Crippen molar-refractivity contribution in [2.45, 2.75) is 26.2 Å². The third-order valence-electron chi connectivity index (χ3n) is 3.29. The molecule has 0 aliphatic carbocycles. The van der Waals surface area contributed by atoms with Crippen LogP contribution in [-0.2, 0) is 0 Å². The van der Waals surface area contributed by atoms with Crippen LogP contribution >= 0.6 is 27.3 Å². The number of aryl methyl sites for hydroxylation is 1. The smallest absolute Gasteiger partial charge is 0.0976 e. The summed E-state index contributed by atoms with van der Waals surface area (Å²) in [4.78, 5) is 4.83. The molecule has 0 bridgehead atoms. The van der Waals surface area contributed by atoms with Gasteiger partial charge >= 0.3 is 0 Å². The maximum atomic E-state index is 4.83. The molecule has 2 rings (SSSR count). The predicted molar refractivity (Wildman–Crippen MR) is 86.9 cm³/mol. The van der Waals surface area contributed by atoms with Crippen molar-refractivity contribution in [2.24, 2.45) is 0 Å². The van der Waals surface area contributed by atoms with Crippen molar-refractivity contribution < 1.29 is 0 Å². The minimum Gasteiger partial charge on any atom is -0.319 e. The van der Waals surface area contributed by atoms with E-state index in [0.717, 1.165) is 23.1 Å². The Morgan fingerprint density at radius 1 is 1.42 bits per heavy atom. The lowest BCUT2D eigenvalue weighted by Crippen LogP contribution is -2.16. The molecule has 2 aromatic rings. The summed E-state index contributed by atoms with van der Waals surface area (Å²) in [5.74, 6) is 0.510. The van der Waals surface area contributed by atoms with E-state index in [1.54, 1.807) is 11.3 Å². The third-order valence-corrected chi connectivity index (χ3v) is 4.79. The van der Waals surface area contributed by atoms with Crippen molar-refractivity contribution in [1.82, 2.24) is 10.3 Å². The van der Waals surface area contributed by atoms with E-state index >= 15 is 0 Å². The van der Waals surface area contributed by atoms with Crippen LogP contribution in [0.2, 0.25) is 0 Å². The Bertz CT molecular complexity index is 551. The quantitative estimate of drug-likeness (QED) is 0.861. The topological polar surface area (TPSA) is 24.9 Å². The summed E-state index contributed by atoms with van der Waals surface area (Å²) < 4.78 is 1.10. The molecule has 4 heteroatoms. The van der Waals surface area contributed by atoms with Gasteiger partial charge in [0.1, 0.15) is 0 Å². The van der Waals surface area contributed by atoms with E-state index in [2.05, 4.69) is 58.7 Å². The average molecular weight is 339 g/mol. The highest BCUT2D eigenvalue weighted by Crippen LogP contribution is 2.31. The largest absolute Gasteiger partial charge is 0.319 e. The summed E-state index contributed by atoms with van der Waals surface area (Å²) in [7, 11) is 2.00. The average Bonchev–Trinajstić information content (AvgIpc) is 2.88. The molecule has 0 fully saturated rings. The molecule has 1 atom stereocenters. The Morgan fingerprint density at radius 3 is 2.89 bits per heavy atom. The number of nitrogens with zero attached hydrogens (tertiary/aromatic N) is 1. The van der Waals surface area contributed by atoms with Gasteiger partial charge in [0, 0.05) is 27.9 Å². The van der Waals surface area contributed by atoms with Crippen LogP contribution in [0.1, 0.15) is 29.8 Å². The number of likely N-dealkylation sites (N-methyl/N-ethyl adjacent to an activating group) is 1.